The molecule has 1 N–H and O–H groups in total. The van der Waals surface area contributed by atoms with Gasteiger partial charge in [-0.25, -0.2) is 0 Å². The van der Waals surface area contributed by atoms with Crippen LogP contribution in [-0.4, -0.2) is 26.8 Å². The van der Waals surface area contributed by atoms with Crippen molar-refractivity contribution < 1.29 is 9.47 Å². The van der Waals surface area contributed by atoms with Crippen molar-refractivity contribution in [1.29, 1.82) is 0 Å². The van der Waals surface area contributed by atoms with Crippen LogP contribution in [0.1, 0.15) is 18.9 Å². The minimum absolute atomic E-state index is 0.644. The minimum atomic E-state index is 0.644. The van der Waals surface area contributed by atoms with Gasteiger partial charge in [0.25, 0.3) is 0 Å². The van der Waals surface area contributed by atoms with Gasteiger partial charge in [0.2, 0.25) is 0 Å². The van der Waals surface area contributed by atoms with Crippen molar-refractivity contribution in [3.63, 3.8) is 0 Å². The molecule has 100 valence electrons. The molecule has 2 rings (SSSR count). The van der Waals surface area contributed by atoms with Gasteiger partial charge in [0.1, 0.15) is 0 Å². The number of halogens is 1. The molecule has 1 aliphatic heterocycles. The van der Waals surface area contributed by atoms with Crippen LogP contribution in [0.25, 0.3) is 0 Å². The van der Waals surface area contributed by atoms with Crippen molar-refractivity contribution in [2.45, 2.75) is 19.8 Å². The highest BCUT2D eigenvalue weighted by Crippen LogP contribution is 2.37. The fourth-order valence-electron chi connectivity index (χ4n) is 2.06. The summed E-state index contributed by atoms with van der Waals surface area (Å²) in [5.41, 5.74) is 1.21. The Morgan fingerprint density at radius 2 is 2.17 bits per heavy atom. The molecule has 0 aliphatic carbocycles. The van der Waals surface area contributed by atoms with Gasteiger partial charge in [-0.2, -0.15) is 0 Å². The van der Waals surface area contributed by atoms with E-state index < -0.39 is 0 Å². The van der Waals surface area contributed by atoms with E-state index in [1.165, 1.54) is 5.56 Å². The summed E-state index contributed by atoms with van der Waals surface area (Å²) in [4.78, 5) is 0. The predicted molar refractivity (Wildman–Crippen MR) is 73.9 cm³/mol. The van der Waals surface area contributed by atoms with Gasteiger partial charge >= 0.3 is 0 Å². The summed E-state index contributed by atoms with van der Waals surface area (Å²) in [6.07, 6.45) is 1.99. The highest BCUT2D eigenvalue weighted by Gasteiger charge is 2.19. The lowest BCUT2D eigenvalue weighted by Crippen LogP contribution is -2.43. The van der Waals surface area contributed by atoms with Crippen LogP contribution in [0.2, 0.25) is 5.02 Å². The zero-order valence-electron chi connectivity index (χ0n) is 11.0. The van der Waals surface area contributed by atoms with E-state index >= 15 is 0 Å². The topological polar surface area (TPSA) is 30.5 Å². The maximum atomic E-state index is 6.27. The van der Waals surface area contributed by atoms with E-state index in [-0.39, 0.29) is 0 Å². The first kappa shape index (κ1) is 13.5. The minimum Gasteiger partial charge on any atom is -0.493 e. The summed E-state index contributed by atoms with van der Waals surface area (Å²) in [5.74, 6) is 2.11. The lowest BCUT2D eigenvalue weighted by Gasteiger charge is -2.27. The Kier molecular flexibility index (Phi) is 4.72. The van der Waals surface area contributed by atoms with Crippen molar-refractivity contribution >= 4 is 11.6 Å². The molecule has 1 fully saturated rings. The molecule has 4 heteroatoms. The van der Waals surface area contributed by atoms with Crippen LogP contribution < -0.4 is 14.8 Å². The quantitative estimate of drug-likeness (QED) is 0.861. The number of nitrogens with one attached hydrogen (secondary N) is 1. The molecule has 0 amide bonds. The Balaban J connectivity index is 2.15. The van der Waals surface area contributed by atoms with E-state index in [1.54, 1.807) is 7.11 Å². The van der Waals surface area contributed by atoms with Gasteiger partial charge in [-0.1, -0.05) is 18.5 Å². The first-order chi connectivity index (χ1) is 8.74. The van der Waals surface area contributed by atoms with Gasteiger partial charge in [-0.15, -0.1) is 0 Å². The number of hydrogen-bond donors (Lipinski definition) is 1. The molecule has 0 atom stereocenters. The van der Waals surface area contributed by atoms with Crippen molar-refractivity contribution in [3.05, 3.63) is 22.7 Å². The molecule has 0 radical (unpaired) electrons. The van der Waals surface area contributed by atoms with Crippen LogP contribution in [0.4, 0.5) is 0 Å². The molecule has 1 aromatic rings. The third kappa shape index (κ3) is 3.09. The zero-order valence-corrected chi connectivity index (χ0v) is 11.7. The van der Waals surface area contributed by atoms with Gasteiger partial charge in [-0.3, -0.25) is 0 Å². The lowest BCUT2D eigenvalue weighted by atomic mass is 9.94. The van der Waals surface area contributed by atoms with Gasteiger partial charge in [0.15, 0.2) is 11.5 Å². The smallest absolute Gasteiger partial charge is 0.179 e. The Hall–Kier alpha value is -0.930. The van der Waals surface area contributed by atoms with Gasteiger partial charge in [0.05, 0.1) is 18.7 Å². The number of rotatable bonds is 6. The van der Waals surface area contributed by atoms with Crippen LogP contribution in [-0.2, 0) is 6.42 Å². The second-order valence-electron chi connectivity index (χ2n) is 4.69. The zero-order chi connectivity index (χ0) is 13.0. The van der Waals surface area contributed by atoms with Crippen LogP contribution in [0.15, 0.2) is 12.1 Å². The molecule has 0 spiro atoms. The van der Waals surface area contributed by atoms with E-state index in [4.69, 9.17) is 21.1 Å². The Morgan fingerprint density at radius 1 is 1.39 bits per heavy atom. The Labute approximate surface area is 113 Å². The summed E-state index contributed by atoms with van der Waals surface area (Å²) in [6, 6.07) is 4.03. The number of ether oxygens (including phenoxy) is 2. The van der Waals surface area contributed by atoms with Crippen LogP contribution in [0.5, 0.6) is 11.5 Å². The number of hydrogen-bond acceptors (Lipinski definition) is 3. The SMILES string of the molecule is CCCOc1c(Cl)cc(CC2CNC2)cc1OC. The third-order valence-electron chi connectivity index (χ3n) is 3.13. The maximum Gasteiger partial charge on any atom is 0.179 e. The molecule has 0 saturated carbocycles. The van der Waals surface area contributed by atoms with Gasteiger partial charge in [0, 0.05) is 0 Å². The summed E-state index contributed by atoms with van der Waals surface area (Å²) < 4.78 is 11.0. The molecule has 18 heavy (non-hydrogen) atoms. The van der Waals surface area contributed by atoms with Crippen molar-refractivity contribution in [2.75, 3.05) is 26.8 Å². The lowest BCUT2D eigenvalue weighted by molar-refractivity contribution is 0.293. The average Bonchev–Trinajstić information content (AvgIpc) is 2.32. The highest BCUT2D eigenvalue weighted by atomic mass is 35.5. The van der Waals surface area contributed by atoms with Crippen molar-refractivity contribution in [2.24, 2.45) is 5.92 Å². The summed E-state index contributed by atoms with van der Waals surface area (Å²) in [7, 11) is 1.65. The molecular weight excluding hydrogens is 250 g/mol. The first-order valence-electron chi connectivity index (χ1n) is 6.44. The molecular formula is C14H20ClNO2. The molecule has 0 aromatic heterocycles. The fourth-order valence-corrected chi connectivity index (χ4v) is 2.35. The molecule has 1 saturated heterocycles. The number of benzene rings is 1. The van der Waals surface area contributed by atoms with E-state index in [9.17, 15) is 0 Å². The first-order valence-corrected chi connectivity index (χ1v) is 6.82. The molecule has 0 unspecified atom stereocenters. The normalized spacial score (nSPS) is 15.3. The van der Waals surface area contributed by atoms with Crippen LogP contribution >= 0.6 is 11.6 Å². The second-order valence-corrected chi connectivity index (χ2v) is 5.09. The molecule has 1 aliphatic rings. The average molecular weight is 270 g/mol. The fraction of sp³-hybridized carbons (Fsp3) is 0.571. The molecule has 1 heterocycles. The standard InChI is InChI=1S/C14H20ClNO2/c1-3-4-18-14-12(15)6-10(7-13(14)17-2)5-11-8-16-9-11/h6-7,11,16H,3-5,8-9H2,1-2H3. The van der Waals surface area contributed by atoms with Crippen molar-refractivity contribution in [3.8, 4) is 11.5 Å². The molecule has 1 aromatic carbocycles. The van der Waals surface area contributed by atoms with Crippen LogP contribution in [0.3, 0.4) is 0 Å². The monoisotopic (exact) mass is 269 g/mol. The number of methoxy groups -OCH3 is 1. The van der Waals surface area contributed by atoms with E-state index in [2.05, 4.69) is 12.2 Å². The summed E-state index contributed by atoms with van der Waals surface area (Å²) >= 11 is 6.27. The molecule has 3 nitrogen and oxygen atoms in total. The highest BCUT2D eigenvalue weighted by molar-refractivity contribution is 6.32. The van der Waals surface area contributed by atoms with Gasteiger partial charge in [-0.05, 0) is 49.5 Å². The van der Waals surface area contributed by atoms with Crippen molar-refractivity contribution in [1.82, 2.24) is 5.32 Å². The second kappa shape index (κ2) is 6.30. The summed E-state index contributed by atoms with van der Waals surface area (Å²) in [5, 5.41) is 3.92. The van der Waals surface area contributed by atoms with Gasteiger partial charge < -0.3 is 14.8 Å². The van der Waals surface area contributed by atoms with E-state index in [0.717, 1.165) is 31.7 Å². The predicted octanol–water partition coefficient (Wildman–Crippen LogP) is 2.90. The van der Waals surface area contributed by atoms with E-state index in [0.29, 0.717) is 23.3 Å². The molecule has 0 bridgehead atoms. The summed E-state index contributed by atoms with van der Waals surface area (Å²) in [6.45, 7) is 4.91. The third-order valence-corrected chi connectivity index (χ3v) is 3.41. The van der Waals surface area contributed by atoms with E-state index in [1.807, 2.05) is 12.1 Å². The Morgan fingerprint density at radius 3 is 2.72 bits per heavy atom. The van der Waals surface area contributed by atoms with Crippen LogP contribution in [0, 0.1) is 5.92 Å². The Bertz CT molecular complexity index is 405. The maximum absolute atomic E-state index is 6.27. The largest absolute Gasteiger partial charge is 0.493 e.